The molecule has 0 saturated carbocycles. The van der Waals surface area contributed by atoms with Crippen molar-refractivity contribution in [3.05, 3.63) is 40.1 Å². The number of hydrogen-bond acceptors (Lipinski definition) is 4. The molecule has 0 aliphatic carbocycles. The van der Waals surface area contributed by atoms with Gasteiger partial charge in [0.05, 0.1) is 10.7 Å². The van der Waals surface area contributed by atoms with Crippen molar-refractivity contribution in [1.29, 1.82) is 0 Å². The Kier molecular flexibility index (Phi) is 3.79. The first-order valence-electron chi connectivity index (χ1n) is 4.69. The first-order valence-corrected chi connectivity index (χ1v) is 5.86. The Morgan fingerprint density at radius 3 is 3.06 bits per heavy atom. The van der Waals surface area contributed by atoms with E-state index in [1.54, 1.807) is 6.26 Å². The summed E-state index contributed by atoms with van der Waals surface area (Å²) in [7, 11) is 0. The molecule has 0 unspecified atom stereocenters. The van der Waals surface area contributed by atoms with Gasteiger partial charge in [0.15, 0.2) is 0 Å². The van der Waals surface area contributed by atoms with E-state index in [0.717, 1.165) is 18.7 Å². The van der Waals surface area contributed by atoms with Crippen molar-refractivity contribution in [2.45, 2.75) is 6.42 Å². The van der Waals surface area contributed by atoms with E-state index in [-0.39, 0.29) is 0 Å². The Morgan fingerprint density at radius 2 is 2.31 bits per heavy atom. The average Bonchev–Trinajstić information content (AvgIpc) is 2.77. The Hall–Kier alpha value is -1.07. The van der Waals surface area contributed by atoms with Crippen molar-refractivity contribution in [3.8, 4) is 0 Å². The molecule has 0 saturated heterocycles. The Bertz CT molecular complexity index is 461. The molecule has 0 aliphatic heterocycles. The molecule has 2 rings (SSSR count). The van der Waals surface area contributed by atoms with Gasteiger partial charge >= 0.3 is 0 Å². The maximum atomic E-state index is 5.84. The third-order valence-corrected chi connectivity index (χ3v) is 3.26. The van der Waals surface area contributed by atoms with Crippen LogP contribution in [-0.4, -0.2) is 16.5 Å². The van der Waals surface area contributed by atoms with E-state index in [4.69, 9.17) is 16.0 Å². The molecule has 0 fully saturated rings. The summed E-state index contributed by atoms with van der Waals surface area (Å²) in [6.07, 6.45) is 3.87. The molecular weight excluding hydrogens is 293 g/mol. The molecule has 2 aromatic heterocycles. The third kappa shape index (κ3) is 2.74. The maximum Gasteiger partial charge on any atom is 0.148 e. The minimum absolute atomic E-state index is 0.399. The van der Waals surface area contributed by atoms with Gasteiger partial charge in [-0.1, -0.05) is 11.6 Å². The number of anilines is 1. The van der Waals surface area contributed by atoms with Crippen LogP contribution in [-0.2, 0) is 6.42 Å². The van der Waals surface area contributed by atoms with Gasteiger partial charge in [-0.25, -0.2) is 9.97 Å². The van der Waals surface area contributed by atoms with E-state index in [2.05, 4.69) is 31.2 Å². The zero-order valence-corrected chi connectivity index (χ0v) is 10.6. The maximum absolute atomic E-state index is 5.84. The van der Waals surface area contributed by atoms with Gasteiger partial charge in [0.1, 0.15) is 23.1 Å². The summed E-state index contributed by atoms with van der Waals surface area (Å²) in [6, 6.07) is 3.80. The molecule has 2 heterocycles. The van der Waals surface area contributed by atoms with E-state index in [0.29, 0.717) is 15.4 Å². The lowest BCUT2D eigenvalue weighted by atomic mass is 10.3. The van der Waals surface area contributed by atoms with Gasteiger partial charge < -0.3 is 9.73 Å². The molecule has 6 heteroatoms. The standard InChI is InChI=1S/C10H9BrClN3O/c11-8-9(12)14-6-15-10(8)13-4-3-7-2-1-5-16-7/h1-2,5-6H,3-4H2,(H,13,14,15). The van der Waals surface area contributed by atoms with Crippen LogP contribution in [0.25, 0.3) is 0 Å². The van der Waals surface area contributed by atoms with E-state index >= 15 is 0 Å². The monoisotopic (exact) mass is 301 g/mol. The van der Waals surface area contributed by atoms with Crippen LogP contribution >= 0.6 is 27.5 Å². The molecule has 0 amide bonds. The average molecular weight is 303 g/mol. The quantitative estimate of drug-likeness (QED) is 0.882. The molecule has 1 N–H and O–H groups in total. The lowest BCUT2D eigenvalue weighted by Gasteiger charge is -2.06. The predicted octanol–water partition coefficient (Wildman–Crippen LogP) is 3.14. The van der Waals surface area contributed by atoms with Gasteiger partial charge in [-0.15, -0.1) is 0 Å². The number of nitrogens with one attached hydrogen (secondary N) is 1. The Labute approximate surface area is 106 Å². The first-order chi connectivity index (χ1) is 7.77. The second-order valence-electron chi connectivity index (χ2n) is 3.08. The second-order valence-corrected chi connectivity index (χ2v) is 4.23. The van der Waals surface area contributed by atoms with Crippen molar-refractivity contribution in [1.82, 2.24) is 9.97 Å². The zero-order chi connectivity index (χ0) is 11.4. The van der Waals surface area contributed by atoms with Crippen LogP contribution in [0.3, 0.4) is 0 Å². The van der Waals surface area contributed by atoms with Crippen LogP contribution in [0.4, 0.5) is 5.82 Å². The molecule has 4 nitrogen and oxygen atoms in total. The van der Waals surface area contributed by atoms with Crippen LogP contribution in [0.2, 0.25) is 5.15 Å². The zero-order valence-electron chi connectivity index (χ0n) is 8.28. The Balaban J connectivity index is 1.92. The largest absolute Gasteiger partial charge is 0.469 e. The van der Waals surface area contributed by atoms with Gasteiger partial charge in [0.2, 0.25) is 0 Å². The molecule has 0 aliphatic rings. The second kappa shape index (κ2) is 5.32. The summed E-state index contributed by atoms with van der Waals surface area (Å²) in [5.41, 5.74) is 0. The number of furan rings is 1. The van der Waals surface area contributed by atoms with Crippen LogP contribution < -0.4 is 5.32 Å². The summed E-state index contributed by atoms with van der Waals surface area (Å²) < 4.78 is 5.89. The summed E-state index contributed by atoms with van der Waals surface area (Å²) in [6.45, 7) is 0.722. The fraction of sp³-hybridized carbons (Fsp3) is 0.200. The molecule has 2 aromatic rings. The molecule has 0 bridgehead atoms. The highest BCUT2D eigenvalue weighted by atomic mass is 79.9. The normalized spacial score (nSPS) is 10.4. The number of hydrogen-bond donors (Lipinski definition) is 1. The highest BCUT2D eigenvalue weighted by molar-refractivity contribution is 9.10. The molecule has 0 aromatic carbocycles. The number of halogens is 2. The fourth-order valence-corrected chi connectivity index (χ4v) is 1.71. The first kappa shape index (κ1) is 11.4. The van der Waals surface area contributed by atoms with Crippen molar-refractivity contribution in [2.75, 3.05) is 11.9 Å². The molecule has 0 atom stereocenters. The number of rotatable bonds is 4. The summed E-state index contributed by atoms with van der Waals surface area (Å²) in [5.74, 6) is 1.62. The van der Waals surface area contributed by atoms with Crippen molar-refractivity contribution < 1.29 is 4.42 Å². The lowest BCUT2D eigenvalue weighted by Crippen LogP contribution is -2.06. The lowest BCUT2D eigenvalue weighted by molar-refractivity contribution is 0.513. The minimum Gasteiger partial charge on any atom is -0.469 e. The van der Waals surface area contributed by atoms with Gasteiger partial charge in [-0.05, 0) is 28.1 Å². The fourth-order valence-electron chi connectivity index (χ4n) is 1.23. The van der Waals surface area contributed by atoms with Crippen LogP contribution in [0, 0.1) is 0 Å². The predicted molar refractivity (Wildman–Crippen MR) is 65.6 cm³/mol. The Morgan fingerprint density at radius 1 is 1.44 bits per heavy atom. The summed E-state index contributed by atoms with van der Waals surface area (Å²) >= 11 is 9.15. The smallest absolute Gasteiger partial charge is 0.148 e. The molecule has 0 radical (unpaired) electrons. The van der Waals surface area contributed by atoms with Gasteiger partial charge in [-0.3, -0.25) is 0 Å². The van der Waals surface area contributed by atoms with Gasteiger partial charge in [0, 0.05) is 13.0 Å². The van der Waals surface area contributed by atoms with Crippen molar-refractivity contribution >= 4 is 33.3 Å². The van der Waals surface area contributed by atoms with Crippen molar-refractivity contribution in [2.24, 2.45) is 0 Å². The minimum atomic E-state index is 0.399. The van der Waals surface area contributed by atoms with E-state index in [1.807, 2.05) is 12.1 Å². The van der Waals surface area contributed by atoms with Gasteiger partial charge in [0.25, 0.3) is 0 Å². The summed E-state index contributed by atoms with van der Waals surface area (Å²) in [5, 5.41) is 3.55. The van der Waals surface area contributed by atoms with E-state index in [9.17, 15) is 0 Å². The summed E-state index contributed by atoms with van der Waals surface area (Å²) in [4.78, 5) is 7.92. The van der Waals surface area contributed by atoms with Crippen LogP contribution in [0.5, 0.6) is 0 Å². The molecule has 16 heavy (non-hydrogen) atoms. The SMILES string of the molecule is Clc1ncnc(NCCc2ccco2)c1Br. The van der Waals surface area contributed by atoms with E-state index < -0.39 is 0 Å². The van der Waals surface area contributed by atoms with Crippen molar-refractivity contribution in [3.63, 3.8) is 0 Å². The van der Waals surface area contributed by atoms with Crippen LogP contribution in [0.1, 0.15) is 5.76 Å². The molecule has 84 valence electrons. The highest BCUT2D eigenvalue weighted by Crippen LogP contribution is 2.25. The van der Waals surface area contributed by atoms with Gasteiger partial charge in [-0.2, -0.15) is 0 Å². The molecule has 0 spiro atoms. The third-order valence-electron chi connectivity index (χ3n) is 1.99. The van der Waals surface area contributed by atoms with Crippen LogP contribution in [0.15, 0.2) is 33.6 Å². The van der Waals surface area contributed by atoms with E-state index in [1.165, 1.54) is 6.33 Å². The highest BCUT2D eigenvalue weighted by Gasteiger charge is 2.05. The number of nitrogens with zero attached hydrogens (tertiary/aromatic N) is 2. The molecular formula is C10H9BrClN3O. The number of aromatic nitrogens is 2. The topological polar surface area (TPSA) is 51.0 Å².